The monoisotopic (exact) mass is 324 g/mol. The molecule has 6 nitrogen and oxygen atoms in total. The first-order valence-corrected chi connectivity index (χ1v) is 6.39. The van der Waals surface area contributed by atoms with Crippen molar-refractivity contribution >= 4 is 21.7 Å². The minimum atomic E-state index is -0.0375. The molecule has 0 amide bonds. The van der Waals surface area contributed by atoms with E-state index >= 15 is 0 Å². The largest absolute Gasteiger partial charge is 0.480 e. The van der Waals surface area contributed by atoms with Crippen molar-refractivity contribution in [2.75, 3.05) is 7.11 Å². The summed E-state index contributed by atoms with van der Waals surface area (Å²) in [6.45, 7) is 5.14. The van der Waals surface area contributed by atoms with Gasteiger partial charge in [-0.1, -0.05) is 0 Å². The minimum absolute atomic E-state index is 0.0375. The van der Waals surface area contributed by atoms with Crippen LogP contribution in [0.1, 0.15) is 28.7 Å². The number of hydrogen-bond acceptors (Lipinski definition) is 5. The summed E-state index contributed by atoms with van der Waals surface area (Å²) in [6, 6.07) is 0. The second kappa shape index (κ2) is 5.08. The molecule has 0 bridgehead atoms. The van der Waals surface area contributed by atoms with Crippen molar-refractivity contribution in [2.45, 2.75) is 20.8 Å². The molecule has 0 atom stereocenters. The van der Waals surface area contributed by atoms with Crippen LogP contribution in [0.5, 0.6) is 5.88 Å². The highest BCUT2D eigenvalue weighted by Gasteiger charge is 2.16. The van der Waals surface area contributed by atoms with Gasteiger partial charge in [-0.25, -0.2) is 9.67 Å². The third kappa shape index (κ3) is 2.37. The molecular formula is C12H13BrN4O2. The standard InChI is InChI=1S/C12H13BrN4O2/c1-6-10(13)11(19-4)16-12(15-6)17-7(2)9(5-14-17)8(3)18/h5H,1-4H3. The van der Waals surface area contributed by atoms with E-state index in [1.807, 2.05) is 6.92 Å². The Balaban J connectivity index is 2.59. The second-order valence-corrected chi connectivity index (χ2v) is 4.84. The van der Waals surface area contributed by atoms with Crippen molar-refractivity contribution in [2.24, 2.45) is 0 Å². The van der Waals surface area contributed by atoms with Crippen molar-refractivity contribution in [3.8, 4) is 11.8 Å². The van der Waals surface area contributed by atoms with Crippen LogP contribution in [-0.4, -0.2) is 32.6 Å². The van der Waals surface area contributed by atoms with E-state index in [1.54, 1.807) is 6.92 Å². The number of rotatable bonds is 3. The van der Waals surface area contributed by atoms with Crippen LogP contribution >= 0.6 is 15.9 Å². The third-order valence-electron chi connectivity index (χ3n) is 2.75. The molecule has 0 unspecified atom stereocenters. The second-order valence-electron chi connectivity index (χ2n) is 4.04. The van der Waals surface area contributed by atoms with Crippen molar-refractivity contribution in [1.82, 2.24) is 19.7 Å². The van der Waals surface area contributed by atoms with Crippen molar-refractivity contribution < 1.29 is 9.53 Å². The Labute approximate surface area is 119 Å². The van der Waals surface area contributed by atoms with Gasteiger partial charge in [0, 0.05) is 0 Å². The normalized spacial score (nSPS) is 10.6. The van der Waals surface area contributed by atoms with Gasteiger partial charge in [-0.3, -0.25) is 4.79 Å². The van der Waals surface area contributed by atoms with Crippen LogP contribution in [0, 0.1) is 13.8 Å². The number of Topliss-reactive ketones (excluding diaryl/α,β-unsaturated/α-hetero) is 1. The summed E-state index contributed by atoms with van der Waals surface area (Å²) < 4.78 is 7.41. The average molecular weight is 325 g/mol. The molecular weight excluding hydrogens is 312 g/mol. The van der Waals surface area contributed by atoms with Gasteiger partial charge in [0.05, 0.1) is 30.3 Å². The summed E-state index contributed by atoms with van der Waals surface area (Å²) in [4.78, 5) is 20.0. The number of carbonyl (C=O) groups excluding carboxylic acids is 1. The number of ether oxygens (including phenoxy) is 1. The molecule has 7 heteroatoms. The molecule has 0 saturated carbocycles. The van der Waals surface area contributed by atoms with Gasteiger partial charge in [0.25, 0.3) is 5.95 Å². The zero-order valence-corrected chi connectivity index (χ0v) is 12.6. The van der Waals surface area contributed by atoms with E-state index in [0.717, 1.165) is 5.69 Å². The van der Waals surface area contributed by atoms with Crippen LogP contribution in [0.25, 0.3) is 5.95 Å². The van der Waals surface area contributed by atoms with Crippen molar-refractivity contribution in [3.63, 3.8) is 0 Å². The number of aryl methyl sites for hydroxylation is 1. The van der Waals surface area contributed by atoms with Gasteiger partial charge in [0.1, 0.15) is 4.47 Å². The van der Waals surface area contributed by atoms with E-state index in [4.69, 9.17) is 4.74 Å². The van der Waals surface area contributed by atoms with Crippen molar-refractivity contribution in [3.05, 3.63) is 27.6 Å². The number of carbonyl (C=O) groups is 1. The van der Waals surface area contributed by atoms with E-state index < -0.39 is 0 Å². The lowest BCUT2D eigenvalue weighted by Gasteiger charge is -2.08. The first-order valence-electron chi connectivity index (χ1n) is 5.59. The number of methoxy groups -OCH3 is 1. The molecule has 0 saturated heterocycles. The fourth-order valence-electron chi connectivity index (χ4n) is 1.71. The highest BCUT2D eigenvalue weighted by Crippen LogP contribution is 2.26. The Morgan fingerprint density at radius 1 is 1.37 bits per heavy atom. The van der Waals surface area contributed by atoms with Crippen LogP contribution in [0.3, 0.4) is 0 Å². The van der Waals surface area contributed by atoms with Gasteiger partial charge in [-0.15, -0.1) is 0 Å². The van der Waals surface area contributed by atoms with Crippen LogP contribution in [0.4, 0.5) is 0 Å². The maximum atomic E-state index is 11.4. The minimum Gasteiger partial charge on any atom is -0.480 e. The maximum absolute atomic E-state index is 11.4. The number of ketones is 1. The SMILES string of the molecule is COc1nc(-n2ncc(C(C)=O)c2C)nc(C)c1Br. The Hall–Kier alpha value is -1.76. The smallest absolute Gasteiger partial charge is 0.254 e. The predicted octanol–water partition coefficient (Wildman–Crippen LogP) is 2.25. The molecule has 0 aliphatic heterocycles. The Bertz CT molecular complexity index is 651. The van der Waals surface area contributed by atoms with Crippen LogP contribution in [0.15, 0.2) is 10.7 Å². The summed E-state index contributed by atoms with van der Waals surface area (Å²) in [5.74, 6) is 0.772. The van der Waals surface area contributed by atoms with Gasteiger partial charge in [0.15, 0.2) is 5.78 Å². The van der Waals surface area contributed by atoms with Gasteiger partial charge in [-0.2, -0.15) is 10.1 Å². The summed E-state index contributed by atoms with van der Waals surface area (Å²) in [5, 5.41) is 4.15. The van der Waals surface area contributed by atoms with E-state index in [1.165, 1.54) is 24.9 Å². The van der Waals surface area contributed by atoms with Gasteiger partial charge < -0.3 is 4.74 Å². The molecule has 0 aliphatic rings. The lowest BCUT2D eigenvalue weighted by Crippen LogP contribution is -2.08. The summed E-state index contributed by atoms with van der Waals surface area (Å²) in [5.41, 5.74) is 2.00. The molecule has 2 rings (SSSR count). The topological polar surface area (TPSA) is 69.9 Å². The fourth-order valence-corrected chi connectivity index (χ4v) is 2.04. The lowest BCUT2D eigenvalue weighted by atomic mass is 10.2. The summed E-state index contributed by atoms with van der Waals surface area (Å²) in [6.07, 6.45) is 1.52. The Kier molecular flexibility index (Phi) is 3.66. The molecule has 19 heavy (non-hydrogen) atoms. The zero-order valence-electron chi connectivity index (χ0n) is 11.1. The number of nitrogens with zero attached hydrogens (tertiary/aromatic N) is 4. The van der Waals surface area contributed by atoms with E-state index in [9.17, 15) is 4.79 Å². The highest BCUT2D eigenvalue weighted by molar-refractivity contribution is 9.10. The van der Waals surface area contributed by atoms with E-state index in [2.05, 4.69) is 31.0 Å². The van der Waals surface area contributed by atoms with Gasteiger partial charge in [0.2, 0.25) is 5.88 Å². The third-order valence-corrected chi connectivity index (χ3v) is 3.66. The molecule has 0 fully saturated rings. The average Bonchev–Trinajstić information content (AvgIpc) is 2.74. The first kappa shape index (κ1) is 13.7. The molecule has 0 aliphatic carbocycles. The molecule has 0 aromatic carbocycles. The summed E-state index contributed by atoms with van der Waals surface area (Å²) in [7, 11) is 1.53. The molecule has 0 N–H and O–H groups in total. The zero-order chi connectivity index (χ0) is 14.2. The predicted molar refractivity (Wildman–Crippen MR) is 72.9 cm³/mol. The van der Waals surface area contributed by atoms with Crippen LogP contribution in [-0.2, 0) is 0 Å². The highest BCUT2D eigenvalue weighted by atomic mass is 79.9. The molecule has 2 aromatic heterocycles. The molecule has 0 radical (unpaired) electrons. The summed E-state index contributed by atoms with van der Waals surface area (Å²) >= 11 is 3.36. The molecule has 100 valence electrons. The molecule has 2 aromatic rings. The number of aromatic nitrogens is 4. The van der Waals surface area contributed by atoms with E-state index in [-0.39, 0.29) is 5.78 Å². The first-order chi connectivity index (χ1) is 8.95. The number of halogens is 1. The number of hydrogen-bond donors (Lipinski definition) is 0. The molecule has 2 heterocycles. The maximum Gasteiger partial charge on any atom is 0.254 e. The van der Waals surface area contributed by atoms with E-state index in [0.29, 0.717) is 27.6 Å². The fraction of sp³-hybridized carbons (Fsp3) is 0.333. The molecule has 0 spiro atoms. The lowest BCUT2D eigenvalue weighted by molar-refractivity contribution is 0.101. The van der Waals surface area contributed by atoms with Crippen LogP contribution in [0.2, 0.25) is 0 Å². The van der Waals surface area contributed by atoms with Crippen LogP contribution < -0.4 is 4.74 Å². The van der Waals surface area contributed by atoms with Gasteiger partial charge in [-0.05, 0) is 36.7 Å². The Morgan fingerprint density at radius 2 is 2.05 bits per heavy atom. The van der Waals surface area contributed by atoms with Crippen molar-refractivity contribution in [1.29, 1.82) is 0 Å². The quantitative estimate of drug-likeness (QED) is 0.810. The Morgan fingerprint density at radius 3 is 2.58 bits per heavy atom. The van der Waals surface area contributed by atoms with Gasteiger partial charge >= 0.3 is 0 Å².